The molecule has 7 heteroatoms. The van der Waals surface area contributed by atoms with Crippen molar-refractivity contribution in [3.8, 4) is 5.75 Å². The molecule has 0 spiro atoms. The summed E-state index contributed by atoms with van der Waals surface area (Å²) < 4.78 is 29.5. The Labute approximate surface area is 133 Å². The van der Waals surface area contributed by atoms with Gasteiger partial charge < -0.3 is 4.74 Å². The lowest BCUT2D eigenvalue weighted by atomic mass is 10.2. The second-order valence-corrected chi connectivity index (χ2v) is 6.83. The highest BCUT2D eigenvalue weighted by atomic mass is 35.5. The van der Waals surface area contributed by atoms with E-state index in [1.54, 1.807) is 24.3 Å². The number of amides is 1. The van der Waals surface area contributed by atoms with Gasteiger partial charge >= 0.3 is 0 Å². The lowest BCUT2D eigenvalue weighted by Gasteiger charge is -2.07. The van der Waals surface area contributed by atoms with E-state index in [1.165, 1.54) is 12.1 Å². The maximum atomic E-state index is 11.6. The van der Waals surface area contributed by atoms with E-state index >= 15 is 0 Å². The number of carbonyl (C=O) groups is 1. The van der Waals surface area contributed by atoms with E-state index in [0.29, 0.717) is 17.4 Å². The van der Waals surface area contributed by atoms with Gasteiger partial charge in [-0.15, -0.1) is 0 Å². The standard InChI is InChI=1S/C15H14ClNO4S/c1-22(19,20)17-15(18)12-4-8-14(9-5-12)21-10-11-2-6-13(16)7-3-11/h2-9H,10H2,1H3,(H,17,18). The average molecular weight is 340 g/mol. The van der Waals surface area contributed by atoms with Crippen molar-refractivity contribution < 1.29 is 17.9 Å². The molecular formula is C15H14ClNO4S. The number of hydrogen-bond donors (Lipinski definition) is 1. The van der Waals surface area contributed by atoms with E-state index in [9.17, 15) is 13.2 Å². The summed E-state index contributed by atoms with van der Waals surface area (Å²) >= 11 is 5.80. The molecule has 0 aliphatic carbocycles. The quantitative estimate of drug-likeness (QED) is 0.908. The van der Waals surface area contributed by atoms with Crippen LogP contribution >= 0.6 is 11.6 Å². The number of benzene rings is 2. The van der Waals surface area contributed by atoms with Crippen LogP contribution < -0.4 is 9.46 Å². The predicted molar refractivity (Wildman–Crippen MR) is 84.5 cm³/mol. The molecule has 0 aliphatic rings. The van der Waals surface area contributed by atoms with Crippen molar-refractivity contribution in [3.05, 3.63) is 64.7 Å². The normalized spacial score (nSPS) is 11.0. The Morgan fingerprint density at radius 2 is 1.68 bits per heavy atom. The van der Waals surface area contributed by atoms with Crippen molar-refractivity contribution in [1.29, 1.82) is 0 Å². The molecule has 0 aromatic heterocycles. The average Bonchev–Trinajstić information content (AvgIpc) is 2.45. The van der Waals surface area contributed by atoms with Gasteiger partial charge in [-0.05, 0) is 42.0 Å². The van der Waals surface area contributed by atoms with Crippen LogP contribution in [0.2, 0.25) is 5.02 Å². The van der Waals surface area contributed by atoms with Crippen LogP contribution in [0, 0.1) is 0 Å². The van der Waals surface area contributed by atoms with E-state index in [2.05, 4.69) is 0 Å². The zero-order valence-corrected chi connectivity index (χ0v) is 13.3. The van der Waals surface area contributed by atoms with Gasteiger partial charge in [-0.2, -0.15) is 0 Å². The molecule has 0 radical (unpaired) electrons. The molecule has 0 bridgehead atoms. The Morgan fingerprint density at radius 1 is 1.09 bits per heavy atom. The molecule has 5 nitrogen and oxygen atoms in total. The molecule has 0 heterocycles. The number of halogens is 1. The summed E-state index contributed by atoms with van der Waals surface area (Å²) in [4.78, 5) is 11.6. The second-order valence-electron chi connectivity index (χ2n) is 4.64. The summed E-state index contributed by atoms with van der Waals surface area (Å²) in [6.07, 6.45) is 0.925. The van der Waals surface area contributed by atoms with Gasteiger partial charge in [-0.3, -0.25) is 4.79 Å². The Balaban J connectivity index is 1.97. The number of carbonyl (C=O) groups excluding carboxylic acids is 1. The fraction of sp³-hybridized carbons (Fsp3) is 0.133. The van der Waals surface area contributed by atoms with Gasteiger partial charge in [0.1, 0.15) is 12.4 Å². The first kappa shape index (κ1) is 16.3. The third-order valence-electron chi connectivity index (χ3n) is 2.71. The number of rotatable bonds is 5. The molecule has 0 atom stereocenters. The van der Waals surface area contributed by atoms with E-state index in [1.807, 2.05) is 16.9 Å². The SMILES string of the molecule is CS(=O)(=O)NC(=O)c1ccc(OCc2ccc(Cl)cc2)cc1. The molecule has 116 valence electrons. The third-order valence-corrected chi connectivity index (χ3v) is 3.52. The summed E-state index contributed by atoms with van der Waals surface area (Å²) in [6, 6.07) is 13.5. The molecule has 2 rings (SSSR count). The zero-order valence-electron chi connectivity index (χ0n) is 11.7. The number of ether oxygens (including phenoxy) is 1. The van der Waals surface area contributed by atoms with Crippen molar-refractivity contribution in [3.63, 3.8) is 0 Å². The fourth-order valence-corrected chi connectivity index (χ4v) is 2.26. The molecule has 0 saturated carbocycles. The molecule has 2 aromatic rings. The summed E-state index contributed by atoms with van der Waals surface area (Å²) in [5, 5.41) is 0.657. The molecule has 1 N–H and O–H groups in total. The van der Waals surface area contributed by atoms with Gasteiger partial charge in [-0.1, -0.05) is 23.7 Å². The van der Waals surface area contributed by atoms with Gasteiger partial charge in [-0.25, -0.2) is 13.1 Å². The fourth-order valence-electron chi connectivity index (χ4n) is 1.68. The molecule has 0 fully saturated rings. The first-order valence-electron chi connectivity index (χ1n) is 6.33. The van der Waals surface area contributed by atoms with Crippen molar-refractivity contribution in [2.75, 3.05) is 6.26 Å². The summed E-state index contributed by atoms with van der Waals surface area (Å²) in [5.41, 5.74) is 1.20. The Hall–Kier alpha value is -2.05. The molecule has 1 amide bonds. The van der Waals surface area contributed by atoms with Crippen molar-refractivity contribution in [2.24, 2.45) is 0 Å². The van der Waals surface area contributed by atoms with Gasteiger partial charge in [0, 0.05) is 10.6 Å². The highest BCUT2D eigenvalue weighted by Gasteiger charge is 2.10. The van der Waals surface area contributed by atoms with Crippen LogP contribution in [0.4, 0.5) is 0 Å². The number of nitrogens with one attached hydrogen (secondary N) is 1. The summed E-state index contributed by atoms with van der Waals surface area (Å²) in [6.45, 7) is 0.367. The minimum Gasteiger partial charge on any atom is -0.489 e. The molecular weight excluding hydrogens is 326 g/mol. The van der Waals surface area contributed by atoms with Crippen LogP contribution in [0.3, 0.4) is 0 Å². The van der Waals surface area contributed by atoms with Crippen molar-refractivity contribution >= 4 is 27.5 Å². The maximum Gasteiger partial charge on any atom is 0.264 e. The number of hydrogen-bond acceptors (Lipinski definition) is 4. The van der Waals surface area contributed by atoms with Crippen LogP contribution in [-0.4, -0.2) is 20.6 Å². The van der Waals surface area contributed by atoms with Crippen LogP contribution in [0.15, 0.2) is 48.5 Å². The van der Waals surface area contributed by atoms with Gasteiger partial charge in [0.15, 0.2) is 0 Å². The van der Waals surface area contributed by atoms with E-state index in [4.69, 9.17) is 16.3 Å². The molecule has 0 unspecified atom stereocenters. The van der Waals surface area contributed by atoms with E-state index in [0.717, 1.165) is 11.8 Å². The van der Waals surface area contributed by atoms with Gasteiger partial charge in [0.25, 0.3) is 5.91 Å². The topological polar surface area (TPSA) is 72.5 Å². The van der Waals surface area contributed by atoms with Crippen molar-refractivity contribution in [2.45, 2.75) is 6.61 Å². The smallest absolute Gasteiger partial charge is 0.264 e. The lowest BCUT2D eigenvalue weighted by Crippen LogP contribution is -2.29. The van der Waals surface area contributed by atoms with Gasteiger partial charge in [0.2, 0.25) is 10.0 Å². The number of sulfonamides is 1. The van der Waals surface area contributed by atoms with Crippen LogP contribution in [-0.2, 0) is 16.6 Å². The largest absolute Gasteiger partial charge is 0.489 e. The third kappa shape index (κ3) is 5.05. The van der Waals surface area contributed by atoms with Crippen LogP contribution in [0.5, 0.6) is 5.75 Å². The van der Waals surface area contributed by atoms with Crippen molar-refractivity contribution in [1.82, 2.24) is 4.72 Å². The van der Waals surface area contributed by atoms with Crippen LogP contribution in [0.25, 0.3) is 0 Å². The van der Waals surface area contributed by atoms with Gasteiger partial charge in [0.05, 0.1) is 6.26 Å². The minimum absolute atomic E-state index is 0.240. The first-order chi connectivity index (χ1) is 10.3. The van der Waals surface area contributed by atoms with E-state index in [-0.39, 0.29) is 5.56 Å². The Morgan fingerprint density at radius 3 is 2.23 bits per heavy atom. The van der Waals surface area contributed by atoms with E-state index < -0.39 is 15.9 Å². The summed E-state index contributed by atoms with van der Waals surface area (Å²) in [5.74, 6) is -0.0994. The second kappa shape index (κ2) is 6.81. The predicted octanol–water partition coefficient (Wildman–Crippen LogP) is 2.61. The molecule has 0 saturated heterocycles. The summed E-state index contributed by atoms with van der Waals surface area (Å²) in [7, 11) is -3.57. The zero-order chi connectivity index (χ0) is 16.2. The Bertz CT molecular complexity index is 755. The highest BCUT2D eigenvalue weighted by Crippen LogP contribution is 2.15. The molecule has 22 heavy (non-hydrogen) atoms. The lowest BCUT2D eigenvalue weighted by molar-refractivity contribution is 0.0981. The minimum atomic E-state index is -3.57. The molecule has 2 aromatic carbocycles. The first-order valence-corrected chi connectivity index (χ1v) is 8.60. The Kier molecular flexibility index (Phi) is 5.05. The molecule has 0 aliphatic heterocycles. The maximum absolute atomic E-state index is 11.6. The van der Waals surface area contributed by atoms with Crippen LogP contribution in [0.1, 0.15) is 15.9 Å². The monoisotopic (exact) mass is 339 g/mol. The highest BCUT2D eigenvalue weighted by molar-refractivity contribution is 7.89.